The lowest BCUT2D eigenvalue weighted by atomic mass is 9.69. The van der Waals surface area contributed by atoms with Gasteiger partial charge >= 0.3 is 0 Å². The quantitative estimate of drug-likeness (QED) is 0.171. The van der Waals surface area contributed by atoms with E-state index >= 15 is 0 Å². The van der Waals surface area contributed by atoms with Crippen molar-refractivity contribution < 1.29 is 4.42 Å². The van der Waals surface area contributed by atoms with Crippen LogP contribution in [0.3, 0.4) is 0 Å². The highest BCUT2D eigenvalue weighted by Crippen LogP contribution is 2.65. The van der Waals surface area contributed by atoms with Crippen LogP contribution in [0.25, 0.3) is 77.2 Å². The maximum atomic E-state index is 7.13. The Bertz CT molecular complexity index is 3790. The van der Waals surface area contributed by atoms with E-state index in [0.29, 0.717) is 0 Å². The molecule has 1 aromatic heterocycles. The molecule has 2 nitrogen and oxygen atoms in total. The average molecular weight is 888 g/mol. The van der Waals surface area contributed by atoms with E-state index in [-0.39, 0.29) is 10.8 Å². The zero-order valence-electron chi connectivity index (χ0n) is 40.1. The zero-order chi connectivity index (χ0) is 46.8. The van der Waals surface area contributed by atoms with Crippen LogP contribution in [-0.4, -0.2) is 0 Å². The number of anilines is 3. The van der Waals surface area contributed by atoms with Gasteiger partial charge in [0.25, 0.3) is 0 Å². The topological polar surface area (TPSA) is 16.4 Å². The summed E-state index contributed by atoms with van der Waals surface area (Å²) >= 11 is 0. The monoisotopic (exact) mass is 887 g/mol. The molecule has 0 saturated carbocycles. The van der Waals surface area contributed by atoms with Gasteiger partial charge in [-0.3, -0.25) is 0 Å². The van der Waals surface area contributed by atoms with Crippen molar-refractivity contribution in [3.05, 3.63) is 246 Å². The van der Waals surface area contributed by atoms with Crippen molar-refractivity contribution in [1.29, 1.82) is 0 Å². The molecule has 11 aromatic rings. The first-order valence-corrected chi connectivity index (χ1v) is 24.4. The van der Waals surface area contributed by atoms with Crippen LogP contribution in [0.1, 0.15) is 74.9 Å². The third-order valence-corrected chi connectivity index (χ3v) is 15.2. The van der Waals surface area contributed by atoms with Gasteiger partial charge in [0.05, 0.1) is 16.8 Å². The minimum Gasteiger partial charge on any atom is -0.454 e. The highest BCUT2D eigenvalue weighted by Gasteiger charge is 2.53. The van der Waals surface area contributed by atoms with Crippen molar-refractivity contribution in [1.82, 2.24) is 0 Å². The van der Waals surface area contributed by atoms with E-state index in [1.807, 2.05) is 0 Å². The standard InChI is InChI=1S/C67H53NO/c1-65(2,3)47-33-37-51-52-38-34-48(66(4,5)6)41-58(52)67(57(51)40-47)55-24-13-12-21-53(55)63-56(67)25-16-26-59(63)68(49-35-31-43(32-36-49)46-30-29-42-17-10-11-20-45(42)39-46)60-27-14-23-54-62-50(44-18-8-7-9-19-44)22-15-28-61(62)69-64(54)60/h7-41H,1-6H3. The van der Waals surface area contributed by atoms with Crippen LogP contribution >= 0.6 is 0 Å². The Kier molecular flexibility index (Phi) is 8.99. The average Bonchev–Trinajstić information content (AvgIpc) is 4.01. The second-order valence-electron chi connectivity index (χ2n) is 21.3. The smallest absolute Gasteiger partial charge is 0.159 e. The minimum absolute atomic E-state index is 0.0359. The van der Waals surface area contributed by atoms with E-state index < -0.39 is 5.41 Å². The van der Waals surface area contributed by atoms with Gasteiger partial charge in [0.15, 0.2) is 5.58 Å². The number of nitrogens with zero attached hydrogens (tertiary/aromatic N) is 1. The molecule has 0 amide bonds. The molecule has 332 valence electrons. The van der Waals surface area contributed by atoms with Gasteiger partial charge in [0.1, 0.15) is 5.58 Å². The Labute approximate surface area is 405 Å². The Balaban J connectivity index is 1.10. The van der Waals surface area contributed by atoms with E-state index in [2.05, 4.69) is 259 Å². The number of fused-ring (bicyclic) bond motifs is 14. The number of hydrogen-bond acceptors (Lipinski definition) is 2. The third-order valence-electron chi connectivity index (χ3n) is 15.2. The molecular weight excluding hydrogens is 835 g/mol. The van der Waals surface area contributed by atoms with Crippen molar-refractivity contribution in [3.8, 4) is 44.5 Å². The molecule has 0 fully saturated rings. The van der Waals surface area contributed by atoms with Crippen LogP contribution in [0.4, 0.5) is 17.1 Å². The SMILES string of the molecule is CC(C)(C)c1ccc2c(c1)C1(c3cc(C(C)(C)C)ccc3-2)c2ccccc2-c2c(N(c3ccc(-c4ccc5ccccc5c4)cc3)c3cccc4c3oc3cccc(-c5ccccc5)c34)cccc21. The second kappa shape index (κ2) is 15.0. The molecule has 2 aliphatic rings. The summed E-state index contributed by atoms with van der Waals surface area (Å²) in [7, 11) is 0. The second-order valence-corrected chi connectivity index (χ2v) is 21.3. The number of hydrogen-bond donors (Lipinski definition) is 0. The van der Waals surface area contributed by atoms with Gasteiger partial charge in [-0.15, -0.1) is 0 Å². The first-order chi connectivity index (χ1) is 33.5. The van der Waals surface area contributed by atoms with E-state index in [0.717, 1.165) is 44.6 Å². The normalized spacial score (nSPS) is 13.5. The fourth-order valence-corrected chi connectivity index (χ4v) is 11.8. The molecule has 10 aromatic carbocycles. The summed E-state index contributed by atoms with van der Waals surface area (Å²) < 4.78 is 7.13. The fourth-order valence-electron chi connectivity index (χ4n) is 11.8. The maximum absolute atomic E-state index is 7.13. The summed E-state index contributed by atoms with van der Waals surface area (Å²) in [6.07, 6.45) is 0. The molecule has 1 heterocycles. The molecule has 0 N–H and O–H groups in total. The number of rotatable bonds is 5. The largest absolute Gasteiger partial charge is 0.454 e. The van der Waals surface area contributed by atoms with Crippen molar-refractivity contribution in [2.24, 2.45) is 0 Å². The lowest BCUT2D eigenvalue weighted by Gasteiger charge is -2.33. The summed E-state index contributed by atoms with van der Waals surface area (Å²) in [6.45, 7) is 14.0. The van der Waals surface area contributed by atoms with Crippen molar-refractivity contribution in [2.75, 3.05) is 4.90 Å². The summed E-state index contributed by atoms with van der Waals surface area (Å²) in [5.41, 5.74) is 22.1. The van der Waals surface area contributed by atoms with Crippen LogP contribution in [0.2, 0.25) is 0 Å². The van der Waals surface area contributed by atoms with Crippen LogP contribution in [0, 0.1) is 0 Å². The Hall–Kier alpha value is -7.94. The first kappa shape index (κ1) is 41.3. The summed E-state index contributed by atoms with van der Waals surface area (Å²) in [5.74, 6) is 0. The van der Waals surface area contributed by atoms with E-state index in [4.69, 9.17) is 4.42 Å². The number of para-hydroxylation sites is 1. The predicted octanol–water partition coefficient (Wildman–Crippen LogP) is 18.5. The van der Waals surface area contributed by atoms with Crippen molar-refractivity contribution in [2.45, 2.75) is 57.8 Å². The van der Waals surface area contributed by atoms with Gasteiger partial charge < -0.3 is 9.32 Å². The molecule has 0 aliphatic heterocycles. The molecule has 0 atom stereocenters. The molecule has 0 radical (unpaired) electrons. The van der Waals surface area contributed by atoms with Gasteiger partial charge in [-0.1, -0.05) is 217 Å². The molecule has 0 bridgehead atoms. The van der Waals surface area contributed by atoms with Gasteiger partial charge in [-0.2, -0.15) is 0 Å². The molecule has 1 spiro atoms. The molecule has 13 rings (SSSR count). The first-order valence-electron chi connectivity index (χ1n) is 24.4. The lowest BCUT2D eigenvalue weighted by molar-refractivity contribution is 0.586. The summed E-state index contributed by atoms with van der Waals surface area (Å²) in [6, 6.07) is 79.2. The zero-order valence-corrected chi connectivity index (χ0v) is 40.1. The molecule has 2 aliphatic carbocycles. The van der Waals surface area contributed by atoms with E-state index in [1.165, 1.54) is 83.1 Å². The molecular formula is C67H53NO. The van der Waals surface area contributed by atoms with Gasteiger partial charge in [-0.25, -0.2) is 0 Å². The molecule has 69 heavy (non-hydrogen) atoms. The van der Waals surface area contributed by atoms with E-state index in [9.17, 15) is 0 Å². The van der Waals surface area contributed by atoms with Gasteiger partial charge in [0.2, 0.25) is 0 Å². The number of benzene rings is 10. The Morgan fingerprint density at radius 3 is 1.71 bits per heavy atom. The summed E-state index contributed by atoms with van der Waals surface area (Å²) in [4.78, 5) is 2.47. The highest BCUT2D eigenvalue weighted by atomic mass is 16.3. The van der Waals surface area contributed by atoms with Crippen LogP contribution in [0.5, 0.6) is 0 Å². The molecule has 0 saturated heterocycles. The van der Waals surface area contributed by atoms with Gasteiger partial charge in [0, 0.05) is 22.0 Å². The van der Waals surface area contributed by atoms with Crippen LogP contribution in [-0.2, 0) is 16.2 Å². The van der Waals surface area contributed by atoms with Crippen molar-refractivity contribution >= 4 is 49.8 Å². The van der Waals surface area contributed by atoms with Crippen LogP contribution < -0.4 is 4.90 Å². The Morgan fingerprint density at radius 2 is 0.986 bits per heavy atom. The minimum atomic E-state index is -0.545. The van der Waals surface area contributed by atoms with Crippen LogP contribution in [0.15, 0.2) is 217 Å². The Morgan fingerprint density at radius 1 is 0.391 bits per heavy atom. The summed E-state index contributed by atoms with van der Waals surface area (Å²) in [5, 5.41) is 4.69. The fraction of sp³-hybridized carbons (Fsp3) is 0.134. The highest BCUT2D eigenvalue weighted by molar-refractivity contribution is 6.16. The predicted molar refractivity (Wildman–Crippen MR) is 290 cm³/mol. The number of furan rings is 1. The third kappa shape index (κ3) is 6.18. The lowest BCUT2D eigenvalue weighted by Crippen LogP contribution is -2.27. The van der Waals surface area contributed by atoms with E-state index in [1.54, 1.807) is 0 Å². The molecule has 2 heteroatoms. The molecule has 0 unspecified atom stereocenters. The van der Waals surface area contributed by atoms with Gasteiger partial charge in [-0.05, 0) is 130 Å². The maximum Gasteiger partial charge on any atom is 0.159 e. The van der Waals surface area contributed by atoms with Crippen molar-refractivity contribution in [3.63, 3.8) is 0 Å².